The lowest BCUT2D eigenvalue weighted by atomic mass is 10.1. The van der Waals surface area contributed by atoms with E-state index in [1.165, 1.54) is 12.1 Å². The zero-order valence-electron chi connectivity index (χ0n) is 21.1. The van der Waals surface area contributed by atoms with Gasteiger partial charge in [-0.15, -0.1) is 11.3 Å². The normalized spacial score (nSPS) is 11.8. The number of carbonyl (C=O) groups excluding carboxylic acids is 1. The van der Waals surface area contributed by atoms with Crippen LogP contribution in [0, 0.1) is 0 Å². The number of pyridine rings is 1. The van der Waals surface area contributed by atoms with E-state index >= 15 is 0 Å². The maximum atomic E-state index is 13.2. The Bertz CT molecular complexity index is 1770. The van der Waals surface area contributed by atoms with Gasteiger partial charge in [0.2, 0.25) is 0 Å². The highest BCUT2D eigenvalue weighted by Crippen LogP contribution is 2.28. The van der Waals surface area contributed by atoms with E-state index < -0.39 is 10.0 Å². The highest BCUT2D eigenvalue weighted by atomic mass is 32.2. The van der Waals surface area contributed by atoms with Gasteiger partial charge < -0.3 is 4.74 Å². The number of sulfonamides is 1. The van der Waals surface area contributed by atoms with Gasteiger partial charge in [0.25, 0.3) is 15.9 Å². The summed E-state index contributed by atoms with van der Waals surface area (Å²) in [4.78, 5) is 18.9. The van der Waals surface area contributed by atoms with Crippen molar-refractivity contribution < 1.29 is 17.9 Å². The number of nitrogens with zero attached hydrogens (tertiary/aromatic N) is 2. The van der Waals surface area contributed by atoms with Crippen LogP contribution in [0.25, 0.3) is 21.5 Å². The highest BCUT2D eigenvalue weighted by molar-refractivity contribution is 7.92. The van der Waals surface area contributed by atoms with Crippen molar-refractivity contribution in [3.63, 3.8) is 0 Å². The number of aromatic nitrogens is 1. The number of hydrazone groups is 1. The molecular weight excluding hydrogens is 532 g/mol. The largest absolute Gasteiger partial charge is 0.497 e. The number of para-hydroxylation sites is 1. The van der Waals surface area contributed by atoms with Crippen LogP contribution >= 0.6 is 11.3 Å². The molecule has 3 aromatic carbocycles. The van der Waals surface area contributed by atoms with E-state index in [2.05, 4.69) is 15.2 Å². The quantitative estimate of drug-likeness (QED) is 0.182. The van der Waals surface area contributed by atoms with E-state index in [9.17, 15) is 13.2 Å². The Balaban J connectivity index is 1.33. The molecular formula is C29H24N4O4S2. The van der Waals surface area contributed by atoms with Gasteiger partial charge in [-0.25, -0.2) is 18.8 Å². The zero-order valence-corrected chi connectivity index (χ0v) is 22.7. The topological polar surface area (TPSA) is 110 Å². The Labute approximate surface area is 230 Å². The fourth-order valence-corrected chi connectivity index (χ4v) is 5.67. The molecule has 0 aliphatic rings. The van der Waals surface area contributed by atoms with Crippen molar-refractivity contribution in [2.45, 2.75) is 11.8 Å². The molecule has 0 atom stereocenters. The number of fused-ring (bicyclic) bond motifs is 1. The van der Waals surface area contributed by atoms with Gasteiger partial charge in [-0.05, 0) is 72.5 Å². The Morgan fingerprint density at radius 3 is 2.38 bits per heavy atom. The van der Waals surface area contributed by atoms with Gasteiger partial charge in [0.1, 0.15) is 5.75 Å². The summed E-state index contributed by atoms with van der Waals surface area (Å²) in [5, 5.41) is 6.96. The summed E-state index contributed by atoms with van der Waals surface area (Å²) in [6.07, 6.45) is 0. The summed E-state index contributed by atoms with van der Waals surface area (Å²) in [6, 6.07) is 26.0. The van der Waals surface area contributed by atoms with Gasteiger partial charge in [-0.2, -0.15) is 5.10 Å². The fraction of sp³-hybridized carbons (Fsp3) is 0.0690. The summed E-state index contributed by atoms with van der Waals surface area (Å²) >= 11 is 1.55. The number of nitrogens with one attached hydrogen (secondary N) is 2. The number of thiophene rings is 1. The number of methoxy groups -OCH3 is 1. The van der Waals surface area contributed by atoms with Crippen LogP contribution in [0.5, 0.6) is 5.75 Å². The lowest BCUT2D eigenvalue weighted by Crippen LogP contribution is -2.20. The van der Waals surface area contributed by atoms with Crippen LogP contribution in [0.2, 0.25) is 0 Å². The molecule has 0 bridgehead atoms. The van der Waals surface area contributed by atoms with Crippen molar-refractivity contribution >= 4 is 49.6 Å². The molecule has 10 heteroatoms. The lowest BCUT2D eigenvalue weighted by molar-refractivity contribution is 0.0956. The summed E-state index contributed by atoms with van der Waals surface area (Å²) < 4.78 is 33.2. The number of ether oxygens (including phenoxy) is 1. The van der Waals surface area contributed by atoms with Gasteiger partial charge >= 0.3 is 0 Å². The molecule has 0 radical (unpaired) electrons. The maximum absolute atomic E-state index is 13.2. The van der Waals surface area contributed by atoms with Crippen LogP contribution in [0.4, 0.5) is 5.69 Å². The average molecular weight is 557 g/mol. The van der Waals surface area contributed by atoms with E-state index in [1.807, 2.05) is 41.8 Å². The molecule has 2 heterocycles. The Hall–Kier alpha value is -4.54. The molecule has 1 amide bonds. The van der Waals surface area contributed by atoms with Gasteiger partial charge in [0.05, 0.1) is 39.4 Å². The van der Waals surface area contributed by atoms with Crippen molar-refractivity contribution in [1.82, 2.24) is 10.4 Å². The first-order valence-electron chi connectivity index (χ1n) is 11.9. The Morgan fingerprint density at radius 2 is 1.69 bits per heavy atom. The molecule has 0 unspecified atom stereocenters. The number of benzene rings is 3. The smallest absolute Gasteiger partial charge is 0.272 e. The summed E-state index contributed by atoms with van der Waals surface area (Å²) in [7, 11) is -2.24. The first-order valence-corrected chi connectivity index (χ1v) is 14.3. The molecule has 5 rings (SSSR count). The molecule has 0 spiro atoms. The van der Waals surface area contributed by atoms with E-state index in [0.29, 0.717) is 33.8 Å². The third-order valence-corrected chi connectivity index (χ3v) is 8.27. The average Bonchev–Trinajstić information content (AvgIpc) is 3.51. The molecule has 8 nitrogen and oxygen atoms in total. The molecule has 0 saturated heterocycles. The van der Waals surface area contributed by atoms with Crippen molar-refractivity contribution in [3.05, 3.63) is 108 Å². The Morgan fingerprint density at radius 1 is 0.949 bits per heavy atom. The number of carbonyl (C=O) groups is 1. The SMILES string of the molecule is COc1ccc(NS(=O)(=O)c2ccc(C(C)=NNC(=O)c3cc(-c4cccs4)nc4ccccc34)cc2)cc1. The van der Waals surface area contributed by atoms with Crippen LogP contribution < -0.4 is 14.9 Å². The minimum atomic E-state index is -3.79. The molecule has 0 fully saturated rings. The number of rotatable bonds is 8. The second kappa shape index (κ2) is 11.1. The zero-order chi connectivity index (χ0) is 27.4. The molecule has 5 aromatic rings. The monoisotopic (exact) mass is 556 g/mol. The minimum Gasteiger partial charge on any atom is -0.497 e. The summed E-state index contributed by atoms with van der Waals surface area (Å²) in [6.45, 7) is 1.74. The molecule has 0 saturated carbocycles. The molecule has 0 aliphatic heterocycles. The molecule has 2 N–H and O–H groups in total. The molecule has 2 aromatic heterocycles. The van der Waals surface area contributed by atoms with Crippen LogP contribution in [0.3, 0.4) is 0 Å². The fourth-order valence-electron chi connectivity index (χ4n) is 3.92. The van der Waals surface area contributed by atoms with Crippen molar-refractivity contribution in [1.29, 1.82) is 0 Å². The third-order valence-electron chi connectivity index (χ3n) is 5.98. The molecule has 0 aliphatic carbocycles. The molecule has 39 heavy (non-hydrogen) atoms. The number of hydrogen-bond donors (Lipinski definition) is 2. The van der Waals surface area contributed by atoms with Crippen LogP contribution in [0.1, 0.15) is 22.8 Å². The van der Waals surface area contributed by atoms with E-state index in [0.717, 1.165) is 16.0 Å². The van der Waals surface area contributed by atoms with Crippen LogP contribution in [0.15, 0.2) is 106 Å². The van der Waals surface area contributed by atoms with Crippen LogP contribution in [-0.4, -0.2) is 32.1 Å². The van der Waals surface area contributed by atoms with E-state index in [-0.39, 0.29) is 10.8 Å². The first-order chi connectivity index (χ1) is 18.8. The van der Waals surface area contributed by atoms with Gasteiger partial charge in [-0.1, -0.05) is 36.4 Å². The predicted octanol–water partition coefficient (Wildman–Crippen LogP) is 5.93. The third kappa shape index (κ3) is 5.82. The molecule has 196 valence electrons. The lowest BCUT2D eigenvalue weighted by Gasteiger charge is -2.10. The summed E-state index contributed by atoms with van der Waals surface area (Å²) in [5.74, 6) is 0.262. The first kappa shape index (κ1) is 26.1. The van der Waals surface area contributed by atoms with Crippen molar-refractivity contribution in [2.24, 2.45) is 5.10 Å². The predicted molar refractivity (Wildman–Crippen MR) is 155 cm³/mol. The number of hydrogen-bond acceptors (Lipinski definition) is 7. The maximum Gasteiger partial charge on any atom is 0.272 e. The number of anilines is 1. The van der Waals surface area contributed by atoms with Gasteiger partial charge in [0, 0.05) is 11.1 Å². The van der Waals surface area contributed by atoms with Gasteiger partial charge in [-0.3, -0.25) is 9.52 Å². The Kier molecular flexibility index (Phi) is 7.40. The van der Waals surface area contributed by atoms with Crippen molar-refractivity contribution in [2.75, 3.05) is 11.8 Å². The van der Waals surface area contributed by atoms with E-state index in [4.69, 9.17) is 9.72 Å². The standard InChI is InChI=1S/C29H24N4O4S2/c1-19(20-9-15-23(16-10-20)39(35,36)33-21-11-13-22(37-2)14-12-21)31-32-29(34)25-18-27(28-8-5-17-38-28)30-26-7-4-3-6-24(25)26/h3-18,33H,1-2H3,(H,32,34). The van der Waals surface area contributed by atoms with Crippen LogP contribution in [-0.2, 0) is 10.0 Å². The van der Waals surface area contributed by atoms with Crippen molar-refractivity contribution in [3.8, 4) is 16.3 Å². The minimum absolute atomic E-state index is 0.100. The van der Waals surface area contributed by atoms with Gasteiger partial charge in [0.15, 0.2) is 0 Å². The summed E-state index contributed by atoms with van der Waals surface area (Å²) in [5.41, 5.74) is 6.14. The van der Waals surface area contributed by atoms with E-state index in [1.54, 1.807) is 67.8 Å². The second-order valence-electron chi connectivity index (χ2n) is 8.55. The highest BCUT2D eigenvalue weighted by Gasteiger charge is 2.16. The second-order valence-corrected chi connectivity index (χ2v) is 11.2. The number of amides is 1.